The number of carbonyl (C=O) groups is 1. The van der Waals surface area contributed by atoms with E-state index in [1.54, 1.807) is 42.5 Å². The second kappa shape index (κ2) is 6.89. The minimum atomic E-state index is -0.433. The van der Waals surface area contributed by atoms with Gasteiger partial charge < -0.3 is 14.5 Å². The summed E-state index contributed by atoms with van der Waals surface area (Å²) in [5.41, 5.74) is 1.82. The van der Waals surface area contributed by atoms with Gasteiger partial charge in [-0.05, 0) is 48.9 Å². The van der Waals surface area contributed by atoms with Gasteiger partial charge in [-0.25, -0.2) is 4.79 Å². The molecule has 0 saturated carbocycles. The first-order chi connectivity index (χ1) is 12.0. The maximum atomic E-state index is 12.0. The zero-order chi connectivity index (χ0) is 17.8. The monoisotopic (exact) mass is 334 g/mol. The molecular weight excluding hydrogens is 320 g/mol. The first-order valence-corrected chi connectivity index (χ1v) is 7.52. The van der Waals surface area contributed by atoms with Gasteiger partial charge in [-0.3, -0.25) is 4.79 Å². The second-order valence-corrected chi connectivity index (χ2v) is 5.43. The van der Waals surface area contributed by atoms with Crippen LogP contribution in [0.1, 0.15) is 11.1 Å². The van der Waals surface area contributed by atoms with E-state index in [0.29, 0.717) is 22.6 Å². The average Bonchev–Trinajstić information content (AvgIpc) is 2.60. The first kappa shape index (κ1) is 16.3. The highest BCUT2D eigenvalue weighted by atomic mass is 16.5. The average molecular weight is 334 g/mol. The minimum absolute atomic E-state index is 0.179. The lowest BCUT2D eigenvalue weighted by Gasteiger charge is -2.08. The number of benzene rings is 2. The van der Waals surface area contributed by atoms with Gasteiger partial charge in [0.2, 0.25) is 0 Å². The largest absolute Gasteiger partial charge is 0.484 e. The lowest BCUT2D eigenvalue weighted by atomic mass is 10.1. The molecule has 1 amide bonds. The smallest absolute Gasteiger partial charge is 0.336 e. The third kappa shape index (κ3) is 3.85. The number of ether oxygens (including phenoxy) is 1. The summed E-state index contributed by atoms with van der Waals surface area (Å²) in [7, 11) is 0. The van der Waals surface area contributed by atoms with E-state index in [-0.39, 0.29) is 12.5 Å². The molecule has 0 fully saturated rings. The van der Waals surface area contributed by atoms with E-state index in [2.05, 4.69) is 5.32 Å². The molecule has 0 unspecified atom stereocenters. The molecule has 0 saturated heterocycles. The SMILES string of the molecule is Cc1cc(=O)oc2cc(NC(=O)COc3ccc(C#N)cc3)ccc12. The number of nitrogens with zero attached hydrogens (tertiary/aromatic N) is 1. The highest BCUT2D eigenvalue weighted by Gasteiger charge is 2.07. The van der Waals surface area contributed by atoms with Gasteiger partial charge in [0.25, 0.3) is 5.91 Å². The van der Waals surface area contributed by atoms with E-state index in [1.165, 1.54) is 6.07 Å². The van der Waals surface area contributed by atoms with Crippen LogP contribution in [-0.2, 0) is 4.79 Å². The van der Waals surface area contributed by atoms with Gasteiger partial charge >= 0.3 is 5.63 Å². The summed E-state index contributed by atoms with van der Waals surface area (Å²) in [6.45, 7) is 1.64. The molecule has 0 radical (unpaired) electrons. The van der Waals surface area contributed by atoms with Crippen molar-refractivity contribution in [3.63, 3.8) is 0 Å². The van der Waals surface area contributed by atoms with Crippen molar-refractivity contribution >= 4 is 22.6 Å². The van der Waals surface area contributed by atoms with Crippen LogP contribution in [0.3, 0.4) is 0 Å². The van der Waals surface area contributed by atoms with Crippen LogP contribution in [0.2, 0.25) is 0 Å². The van der Waals surface area contributed by atoms with Crippen molar-refractivity contribution < 1.29 is 13.9 Å². The van der Waals surface area contributed by atoms with Crippen molar-refractivity contribution in [3.8, 4) is 11.8 Å². The predicted octanol–water partition coefficient (Wildman–Crippen LogP) is 2.99. The first-order valence-electron chi connectivity index (χ1n) is 7.52. The van der Waals surface area contributed by atoms with Crippen LogP contribution in [0, 0.1) is 18.3 Å². The fourth-order valence-corrected chi connectivity index (χ4v) is 2.37. The summed E-state index contributed by atoms with van der Waals surface area (Å²) < 4.78 is 10.5. The maximum absolute atomic E-state index is 12.0. The Kier molecular flexibility index (Phi) is 4.48. The lowest BCUT2D eigenvalue weighted by molar-refractivity contribution is -0.118. The Morgan fingerprint density at radius 1 is 1.20 bits per heavy atom. The molecule has 0 aliphatic heterocycles. The van der Waals surface area contributed by atoms with Crippen molar-refractivity contribution in [1.29, 1.82) is 5.26 Å². The summed E-state index contributed by atoms with van der Waals surface area (Å²) >= 11 is 0. The maximum Gasteiger partial charge on any atom is 0.336 e. The minimum Gasteiger partial charge on any atom is -0.484 e. The summed E-state index contributed by atoms with van der Waals surface area (Å²) in [6, 6.07) is 15.0. The van der Waals surface area contributed by atoms with Crippen molar-refractivity contribution in [3.05, 3.63) is 70.1 Å². The predicted molar refractivity (Wildman–Crippen MR) is 92.5 cm³/mol. The van der Waals surface area contributed by atoms with Crippen LogP contribution >= 0.6 is 0 Å². The number of hydrogen-bond acceptors (Lipinski definition) is 5. The van der Waals surface area contributed by atoms with Gasteiger partial charge in [0.1, 0.15) is 11.3 Å². The topological polar surface area (TPSA) is 92.3 Å². The van der Waals surface area contributed by atoms with Crippen LogP contribution in [0.25, 0.3) is 11.0 Å². The Labute approximate surface area is 143 Å². The number of nitriles is 1. The summed E-state index contributed by atoms with van der Waals surface area (Å²) in [6.07, 6.45) is 0. The van der Waals surface area contributed by atoms with E-state index in [1.807, 2.05) is 13.0 Å². The molecule has 0 aliphatic carbocycles. The standard InChI is InChI=1S/C19H14N2O4/c1-12-8-19(23)25-17-9-14(4-7-16(12)17)21-18(22)11-24-15-5-2-13(10-20)3-6-15/h2-9H,11H2,1H3,(H,21,22). The molecule has 1 N–H and O–H groups in total. The molecule has 0 spiro atoms. The third-order valence-electron chi connectivity index (χ3n) is 3.59. The molecule has 3 aromatic rings. The van der Waals surface area contributed by atoms with E-state index in [0.717, 1.165) is 10.9 Å². The fraction of sp³-hybridized carbons (Fsp3) is 0.105. The number of nitrogens with one attached hydrogen (secondary N) is 1. The number of carbonyl (C=O) groups excluding carboxylic acids is 1. The van der Waals surface area contributed by atoms with Crippen LogP contribution in [0.5, 0.6) is 5.75 Å². The molecule has 0 atom stereocenters. The van der Waals surface area contributed by atoms with Gasteiger partial charge in [0, 0.05) is 23.2 Å². The molecule has 2 aromatic carbocycles. The van der Waals surface area contributed by atoms with Crippen LogP contribution in [0.15, 0.2) is 57.7 Å². The third-order valence-corrected chi connectivity index (χ3v) is 3.59. The zero-order valence-corrected chi connectivity index (χ0v) is 13.4. The summed E-state index contributed by atoms with van der Waals surface area (Å²) in [4.78, 5) is 23.4. The Morgan fingerprint density at radius 2 is 1.96 bits per heavy atom. The van der Waals surface area contributed by atoms with Gasteiger partial charge in [-0.15, -0.1) is 0 Å². The van der Waals surface area contributed by atoms with Crippen molar-refractivity contribution in [1.82, 2.24) is 0 Å². The Morgan fingerprint density at radius 3 is 2.68 bits per heavy atom. The van der Waals surface area contributed by atoms with Gasteiger partial charge in [0.15, 0.2) is 6.61 Å². The number of hydrogen-bond donors (Lipinski definition) is 1. The normalized spacial score (nSPS) is 10.2. The molecule has 6 heteroatoms. The molecule has 0 bridgehead atoms. The zero-order valence-electron chi connectivity index (χ0n) is 13.4. The van der Waals surface area contributed by atoms with Crippen LogP contribution in [-0.4, -0.2) is 12.5 Å². The Balaban J connectivity index is 1.67. The summed E-state index contributed by atoms with van der Waals surface area (Å²) in [5.74, 6) is 0.146. The molecule has 1 aromatic heterocycles. The van der Waals surface area contributed by atoms with Crippen LogP contribution in [0.4, 0.5) is 5.69 Å². The lowest BCUT2D eigenvalue weighted by Crippen LogP contribution is -2.20. The molecule has 6 nitrogen and oxygen atoms in total. The van der Waals surface area contributed by atoms with E-state index in [4.69, 9.17) is 14.4 Å². The highest BCUT2D eigenvalue weighted by Crippen LogP contribution is 2.20. The number of aryl methyl sites for hydroxylation is 1. The number of fused-ring (bicyclic) bond motifs is 1. The second-order valence-electron chi connectivity index (χ2n) is 5.43. The number of anilines is 1. The van der Waals surface area contributed by atoms with Gasteiger partial charge in [0.05, 0.1) is 11.6 Å². The molecule has 0 aliphatic rings. The van der Waals surface area contributed by atoms with E-state index >= 15 is 0 Å². The van der Waals surface area contributed by atoms with Crippen molar-refractivity contribution in [2.45, 2.75) is 6.92 Å². The molecule has 3 rings (SSSR count). The van der Waals surface area contributed by atoms with Crippen molar-refractivity contribution in [2.75, 3.05) is 11.9 Å². The van der Waals surface area contributed by atoms with Crippen LogP contribution < -0.4 is 15.7 Å². The van der Waals surface area contributed by atoms with Gasteiger partial charge in [-0.1, -0.05) is 0 Å². The molecule has 1 heterocycles. The Bertz CT molecular complexity index is 1030. The number of amides is 1. The highest BCUT2D eigenvalue weighted by molar-refractivity contribution is 5.94. The molecule has 25 heavy (non-hydrogen) atoms. The number of rotatable bonds is 4. The van der Waals surface area contributed by atoms with Gasteiger partial charge in [-0.2, -0.15) is 5.26 Å². The molecule has 124 valence electrons. The fourth-order valence-electron chi connectivity index (χ4n) is 2.37. The Hall–Kier alpha value is -3.59. The molecular formula is C19H14N2O4. The quantitative estimate of drug-likeness (QED) is 0.741. The summed E-state index contributed by atoms with van der Waals surface area (Å²) in [5, 5.41) is 12.2. The van der Waals surface area contributed by atoms with E-state index < -0.39 is 5.63 Å². The van der Waals surface area contributed by atoms with Crippen molar-refractivity contribution in [2.24, 2.45) is 0 Å². The van der Waals surface area contributed by atoms with E-state index in [9.17, 15) is 9.59 Å².